The molecule has 2 saturated carbocycles. The molecule has 0 aliphatic heterocycles. The van der Waals surface area contributed by atoms with Crippen molar-refractivity contribution in [2.45, 2.75) is 25.7 Å². The van der Waals surface area contributed by atoms with Gasteiger partial charge in [0.25, 0.3) is 0 Å². The zero-order valence-corrected chi connectivity index (χ0v) is 12.7. The molecule has 2 unspecified atom stereocenters. The van der Waals surface area contributed by atoms with Crippen molar-refractivity contribution in [3.63, 3.8) is 0 Å². The van der Waals surface area contributed by atoms with Crippen LogP contribution in [0.4, 0.5) is 0 Å². The summed E-state index contributed by atoms with van der Waals surface area (Å²) in [7, 11) is 0. The maximum absolute atomic E-state index is 6.19. The van der Waals surface area contributed by atoms with Gasteiger partial charge in [0.15, 0.2) is 0 Å². The minimum atomic E-state index is 0.366. The lowest BCUT2D eigenvalue weighted by Gasteiger charge is -2.28. The molecule has 18 heavy (non-hydrogen) atoms. The van der Waals surface area contributed by atoms with Gasteiger partial charge in [-0.25, -0.2) is 0 Å². The lowest BCUT2D eigenvalue weighted by Crippen LogP contribution is -2.23. The average molecular weight is 330 g/mol. The number of alkyl halides is 1. The third-order valence-corrected chi connectivity index (χ3v) is 5.55. The Bertz CT molecular complexity index is 407. The Kier molecular flexibility index (Phi) is 3.59. The minimum absolute atomic E-state index is 0.366. The molecule has 0 radical (unpaired) electrons. The molecule has 1 aromatic rings. The van der Waals surface area contributed by atoms with E-state index < -0.39 is 0 Å². The number of rotatable bonds is 5. The molecule has 2 aliphatic carbocycles. The highest BCUT2D eigenvalue weighted by atomic mass is 79.9. The van der Waals surface area contributed by atoms with Crippen molar-refractivity contribution in [1.82, 2.24) is 0 Å². The molecule has 1 aromatic carbocycles. The van der Waals surface area contributed by atoms with Crippen LogP contribution in [0.3, 0.4) is 0 Å². The Morgan fingerprint density at radius 2 is 1.89 bits per heavy atom. The summed E-state index contributed by atoms with van der Waals surface area (Å²) < 4.78 is 6.91. The molecule has 0 spiro atoms. The van der Waals surface area contributed by atoms with Crippen LogP contribution >= 0.6 is 27.5 Å². The molecule has 98 valence electrons. The van der Waals surface area contributed by atoms with Crippen LogP contribution in [-0.4, -0.2) is 12.5 Å². The molecular formula is C15H18BrClO. The summed E-state index contributed by atoms with van der Waals surface area (Å²) in [5.74, 6) is 3.71. The number of ether oxygens (including phenoxy) is 1. The van der Waals surface area contributed by atoms with E-state index in [0.29, 0.717) is 5.41 Å². The molecular weight excluding hydrogens is 312 g/mol. The largest absolute Gasteiger partial charge is 0.494 e. The molecule has 0 heterocycles. The Balaban J connectivity index is 1.50. The van der Waals surface area contributed by atoms with Gasteiger partial charge in [0.1, 0.15) is 5.75 Å². The van der Waals surface area contributed by atoms with Crippen molar-refractivity contribution in [3.05, 3.63) is 28.7 Å². The predicted molar refractivity (Wildman–Crippen MR) is 78.2 cm³/mol. The molecule has 0 bridgehead atoms. The van der Waals surface area contributed by atoms with Crippen molar-refractivity contribution in [2.24, 2.45) is 17.3 Å². The third kappa shape index (κ3) is 2.70. The average Bonchev–Trinajstić information content (AvgIpc) is 3.00. The summed E-state index contributed by atoms with van der Waals surface area (Å²) in [4.78, 5) is 0. The van der Waals surface area contributed by atoms with Crippen molar-refractivity contribution in [2.75, 3.05) is 12.5 Å². The van der Waals surface area contributed by atoms with E-state index in [4.69, 9.17) is 16.3 Å². The molecule has 2 atom stereocenters. The first kappa shape index (κ1) is 12.8. The van der Waals surface area contributed by atoms with E-state index in [1.54, 1.807) is 0 Å². The van der Waals surface area contributed by atoms with Crippen LogP contribution in [0, 0.1) is 17.3 Å². The molecule has 0 aromatic heterocycles. The quantitative estimate of drug-likeness (QED) is 0.700. The van der Waals surface area contributed by atoms with Gasteiger partial charge in [-0.2, -0.15) is 0 Å². The number of hydrogen-bond donors (Lipinski definition) is 0. The van der Waals surface area contributed by atoms with E-state index in [-0.39, 0.29) is 0 Å². The highest BCUT2D eigenvalue weighted by molar-refractivity contribution is 9.10. The predicted octanol–water partition coefficient (Wildman–Crippen LogP) is 4.87. The fourth-order valence-corrected chi connectivity index (χ4v) is 3.92. The summed E-state index contributed by atoms with van der Waals surface area (Å²) in [6, 6.07) is 8.03. The van der Waals surface area contributed by atoms with E-state index in [9.17, 15) is 0 Å². The first-order chi connectivity index (χ1) is 8.71. The fraction of sp³-hybridized carbons (Fsp3) is 0.600. The Morgan fingerprint density at radius 3 is 2.50 bits per heavy atom. The van der Waals surface area contributed by atoms with Crippen molar-refractivity contribution in [3.8, 4) is 5.75 Å². The van der Waals surface area contributed by atoms with Crippen molar-refractivity contribution < 1.29 is 4.74 Å². The first-order valence-corrected chi connectivity index (χ1v) is 7.98. The standard InChI is InChI=1S/C15H18BrClO/c16-13-1-3-14(4-2-13)18-6-5-15(10-17)8-11-7-12(11)9-15/h1-4,11-12H,5-10H2. The molecule has 0 amide bonds. The molecule has 2 fully saturated rings. The van der Waals surface area contributed by atoms with Gasteiger partial charge in [-0.05, 0) is 67.2 Å². The van der Waals surface area contributed by atoms with Gasteiger partial charge in [0.05, 0.1) is 6.61 Å². The molecule has 1 nitrogen and oxygen atoms in total. The summed E-state index contributed by atoms with van der Waals surface area (Å²) in [6.07, 6.45) is 5.20. The molecule has 0 N–H and O–H groups in total. The first-order valence-electron chi connectivity index (χ1n) is 6.65. The maximum Gasteiger partial charge on any atom is 0.119 e. The van der Waals surface area contributed by atoms with Gasteiger partial charge in [0.2, 0.25) is 0 Å². The number of fused-ring (bicyclic) bond motifs is 1. The molecule has 2 aliphatic rings. The van der Waals surface area contributed by atoms with Crippen molar-refractivity contribution in [1.29, 1.82) is 0 Å². The second-order valence-electron chi connectivity index (χ2n) is 5.85. The van der Waals surface area contributed by atoms with E-state index in [2.05, 4.69) is 15.9 Å². The highest BCUT2D eigenvalue weighted by Crippen LogP contribution is 2.61. The molecule has 3 rings (SSSR count). The van der Waals surface area contributed by atoms with Gasteiger partial charge >= 0.3 is 0 Å². The number of halogens is 2. The van der Waals surface area contributed by atoms with Crippen molar-refractivity contribution >= 4 is 27.5 Å². The van der Waals surface area contributed by atoms with Crippen LogP contribution in [0.5, 0.6) is 5.75 Å². The maximum atomic E-state index is 6.19. The second kappa shape index (κ2) is 5.05. The van der Waals surface area contributed by atoms with Gasteiger partial charge in [-0.15, -0.1) is 11.6 Å². The zero-order valence-electron chi connectivity index (χ0n) is 10.4. The molecule has 0 saturated heterocycles. The smallest absolute Gasteiger partial charge is 0.119 e. The monoisotopic (exact) mass is 328 g/mol. The van der Waals surface area contributed by atoms with Crippen LogP contribution in [0.1, 0.15) is 25.7 Å². The summed E-state index contributed by atoms with van der Waals surface area (Å²) >= 11 is 9.62. The summed E-state index contributed by atoms with van der Waals surface area (Å²) in [5.41, 5.74) is 0.366. The normalized spacial score (nSPS) is 33.2. The fourth-order valence-electron chi connectivity index (χ4n) is 3.30. The minimum Gasteiger partial charge on any atom is -0.494 e. The zero-order chi connectivity index (χ0) is 12.6. The third-order valence-electron chi connectivity index (χ3n) is 4.46. The van der Waals surface area contributed by atoms with Crippen LogP contribution in [0.25, 0.3) is 0 Å². The Morgan fingerprint density at radius 1 is 1.22 bits per heavy atom. The SMILES string of the molecule is ClCC1(CCOc2ccc(Br)cc2)CC2CC2C1. The van der Waals surface area contributed by atoms with Crippen LogP contribution in [-0.2, 0) is 0 Å². The lowest BCUT2D eigenvalue weighted by molar-refractivity contribution is 0.204. The van der Waals surface area contributed by atoms with Gasteiger partial charge < -0.3 is 4.74 Å². The Labute approximate surface area is 122 Å². The number of hydrogen-bond acceptors (Lipinski definition) is 1. The topological polar surface area (TPSA) is 9.23 Å². The van der Waals surface area contributed by atoms with Crippen LogP contribution < -0.4 is 4.74 Å². The van der Waals surface area contributed by atoms with E-state index in [1.165, 1.54) is 19.3 Å². The van der Waals surface area contributed by atoms with E-state index in [1.807, 2.05) is 24.3 Å². The molecule has 3 heteroatoms. The highest BCUT2D eigenvalue weighted by Gasteiger charge is 2.52. The van der Waals surface area contributed by atoms with Crippen LogP contribution in [0.15, 0.2) is 28.7 Å². The van der Waals surface area contributed by atoms with Gasteiger partial charge in [-0.3, -0.25) is 0 Å². The summed E-state index contributed by atoms with van der Waals surface area (Å²) in [6.45, 7) is 0.786. The second-order valence-corrected chi connectivity index (χ2v) is 7.03. The van der Waals surface area contributed by atoms with Gasteiger partial charge in [0, 0.05) is 10.4 Å². The lowest BCUT2D eigenvalue weighted by atomic mass is 9.82. The summed E-state index contributed by atoms with van der Waals surface area (Å²) in [5, 5.41) is 0. The van der Waals surface area contributed by atoms with E-state index in [0.717, 1.165) is 41.0 Å². The van der Waals surface area contributed by atoms with E-state index >= 15 is 0 Å². The van der Waals surface area contributed by atoms with Gasteiger partial charge in [-0.1, -0.05) is 15.9 Å². The number of benzene rings is 1. The Hall–Kier alpha value is -0.210. The van der Waals surface area contributed by atoms with Crippen LogP contribution in [0.2, 0.25) is 0 Å².